The smallest absolute Gasteiger partial charge is 0.318 e. The third-order valence-corrected chi connectivity index (χ3v) is 4.01. The minimum Gasteiger partial charge on any atom is -0.502 e. The van der Waals surface area contributed by atoms with Gasteiger partial charge in [0.2, 0.25) is 5.75 Å². The summed E-state index contributed by atoms with van der Waals surface area (Å²) >= 11 is 3.06. The van der Waals surface area contributed by atoms with Crippen LogP contribution in [0.2, 0.25) is 0 Å². The molecule has 0 aliphatic rings. The molecule has 2 aromatic rings. The minimum absolute atomic E-state index is 0.145. The summed E-state index contributed by atoms with van der Waals surface area (Å²) < 4.78 is 5.42. The van der Waals surface area contributed by atoms with Crippen molar-refractivity contribution in [3.63, 3.8) is 0 Å². The van der Waals surface area contributed by atoms with Crippen LogP contribution >= 0.6 is 15.9 Å². The van der Waals surface area contributed by atoms with E-state index in [2.05, 4.69) is 21.0 Å². The molecular weight excluding hydrogens is 474 g/mol. The standard InChI is InChI=1S/C15H10BrN5O9/c16-11-4-9(19(24)25)1-2-13(11)30-7-14(22)18-17-6-8-3-10(20(26)27)5-12(15(8)23)21(28)29/h1-6,23H,7H2,(H,18,22)/b17-6-. The lowest BCUT2D eigenvalue weighted by Gasteiger charge is -2.07. The SMILES string of the molecule is O=C(COc1ccc([N+](=O)[O-])cc1Br)N/N=C\c1cc([N+](=O)[O-])cc([N+](=O)[O-])c1O. The van der Waals surface area contributed by atoms with E-state index in [0.717, 1.165) is 12.3 Å². The Morgan fingerprint density at radius 1 is 1.10 bits per heavy atom. The van der Waals surface area contributed by atoms with Gasteiger partial charge in [-0.25, -0.2) is 5.43 Å². The van der Waals surface area contributed by atoms with E-state index in [-0.39, 0.29) is 21.5 Å². The third-order valence-electron chi connectivity index (χ3n) is 3.39. The first-order chi connectivity index (χ1) is 14.1. The number of ether oxygens (including phenoxy) is 1. The van der Waals surface area contributed by atoms with E-state index in [1.807, 2.05) is 5.43 Å². The fraction of sp³-hybridized carbons (Fsp3) is 0.0667. The summed E-state index contributed by atoms with van der Waals surface area (Å²) in [5, 5.41) is 45.7. The average Bonchev–Trinajstić information content (AvgIpc) is 2.67. The zero-order chi connectivity index (χ0) is 22.4. The van der Waals surface area contributed by atoms with E-state index < -0.39 is 44.4 Å². The molecule has 0 radical (unpaired) electrons. The van der Waals surface area contributed by atoms with Crippen LogP contribution in [0, 0.1) is 30.3 Å². The summed E-state index contributed by atoms with van der Waals surface area (Å²) in [7, 11) is 0. The van der Waals surface area contributed by atoms with Crippen molar-refractivity contribution in [3.8, 4) is 11.5 Å². The van der Waals surface area contributed by atoms with Crippen LogP contribution < -0.4 is 10.2 Å². The van der Waals surface area contributed by atoms with Gasteiger partial charge in [0.1, 0.15) is 5.75 Å². The Morgan fingerprint density at radius 3 is 2.33 bits per heavy atom. The van der Waals surface area contributed by atoms with Crippen molar-refractivity contribution < 1.29 is 29.4 Å². The molecule has 0 heterocycles. The lowest BCUT2D eigenvalue weighted by molar-refractivity contribution is -0.394. The van der Waals surface area contributed by atoms with Gasteiger partial charge in [0.15, 0.2) is 6.61 Å². The lowest BCUT2D eigenvalue weighted by Crippen LogP contribution is -2.24. The van der Waals surface area contributed by atoms with Gasteiger partial charge >= 0.3 is 5.69 Å². The molecule has 0 aromatic heterocycles. The molecule has 156 valence electrons. The summed E-state index contributed by atoms with van der Waals surface area (Å²) in [6.45, 7) is -0.547. The molecule has 15 heteroatoms. The van der Waals surface area contributed by atoms with E-state index >= 15 is 0 Å². The number of carbonyl (C=O) groups is 1. The molecule has 0 aliphatic carbocycles. The number of hydrogen-bond donors (Lipinski definition) is 2. The molecule has 14 nitrogen and oxygen atoms in total. The van der Waals surface area contributed by atoms with Crippen molar-refractivity contribution >= 4 is 45.1 Å². The lowest BCUT2D eigenvalue weighted by atomic mass is 10.1. The Morgan fingerprint density at radius 2 is 1.77 bits per heavy atom. The Balaban J connectivity index is 2.05. The highest BCUT2D eigenvalue weighted by Gasteiger charge is 2.23. The summed E-state index contributed by atoms with van der Waals surface area (Å²) in [5.41, 5.74) is -0.0990. The zero-order valence-corrected chi connectivity index (χ0v) is 16.1. The molecule has 0 fully saturated rings. The number of halogens is 1. The number of nitro benzene ring substituents is 3. The third kappa shape index (κ3) is 5.44. The number of carbonyl (C=O) groups excluding carboxylic acids is 1. The molecule has 0 atom stereocenters. The monoisotopic (exact) mass is 483 g/mol. The first-order valence-corrected chi connectivity index (χ1v) is 8.44. The Labute approximate surface area is 174 Å². The number of non-ortho nitro benzene ring substituents is 2. The van der Waals surface area contributed by atoms with E-state index in [0.29, 0.717) is 6.07 Å². The van der Waals surface area contributed by atoms with Gasteiger partial charge in [0.25, 0.3) is 17.3 Å². The van der Waals surface area contributed by atoms with Crippen molar-refractivity contribution in [2.24, 2.45) is 5.10 Å². The summed E-state index contributed by atoms with van der Waals surface area (Å²) in [4.78, 5) is 41.7. The molecule has 0 spiro atoms. The Hall–Kier alpha value is -4.14. The van der Waals surface area contributed by atoms with Crippen LogP contribution in [0.25, 0.3) is 0 Å². The topological polar surface area (TPSA) is 200 Å². The summed E-state index contributed by atoms with van der Waals surface area (Å²) in [6, 6.07) is 5.06. The van der Waals surface area contributed by atoms with Crippen molar-refractivity contribution in [2.75, 3.05) is 6.61 Å². The van der Waals surface area contributed by atoms with Crippen LogP contribution in [0.3, 0.4) is 0 Å². The van der Waals surface area contributed by atoms with Gasteiger partial charge in [-0.3, -0.25) is 35.1 Å². The van der Waals surface area contributed by atoms with Gasteiger partial charge in [0.05, 0.1) is 37.1 Å². The first kappa shape index (κ1) is 22.2. The highest BCUT2D eigenvalue weighted by molar-refractivity contribution is 9.10. The van der Waals surface area contributed by atoms with Crippen molar-refractivity contribution in [3.05, 3.63) is 70.7 Å². The molecule has 2 N–H and O–H groups in total. The predicted octanol–water partition coefficient (Wildman–Crippen LogP) is 2.41. The number of amides is 1. The van der Waals surface area contributed by atoms with Gasteiger partial charge in [-0.1, -0.05) is 0 Å². The van der Waals surface area contributed by atoms with Crippen LogP contribution in [0.4, 0.5) is 17.1 Å². The highest BCUT2D eigenvalue weighted by Crippen LogP contribution is 2.33. The number of nitrogens with zero attached hydrogens (tertiary/aromatic N) is 4. The van der Waals surface area contributed by atoms with Gasteiger partial charge in [0, 0.05) is 18.2 Å². The quantitative estimate of drug-likeness (QED) is 0.321. The number of phenolic OH excluding ortho intramolecular Hbond substituents is 1. The zero-order valence-electron chi connectivity index (χ0n) is 14.6. The predicted molar refractivity (Wildman–Crippen MR) is 103 cm³/mol. The Bertz CT molecular complexity index is 1070. The largest absolute Gasteiger partial charge is 0.502 e. The molecule has 0 saturated carbocycles. The molecule has 0 unspecified atom stereocenters. The maximum Gasteiger partial charge on any atom is 0.318 e. The van der Waals surface area contributed by atoms with Crippen LogP contribution in [0.5, 0.6) is 11.5 Å². The van der Waals surface area contributed by atoms with Gasteiger partial charge < -0.3 is 9.84 Å². The second-order valence-electron chi connectivity index (χ2n) is 5.37. The number of benzene rings is 2. The van der Waals surface area contributed by atoms with Crippen molar-refractivity contribution in [2.45, 2.75) is 0 Å². The fourth-order valence-corrected chi connectivity index (χ4v) is 2.52. The van der Waals surface area contributed by atoms with E-state index in [1.54, 1.807) is 0 Å². The normalized spacial score (nSPS) is 10.6. The number of hydrogen-bond acceptors (Lipinski definition) is 10. The molecular formula is C15H10BrN5O9. The minimum atomic E-state index is -1.01. The fourth-order valence-electron chi connectivity index (χ4n) is 2.04. The average molecular weight is 484 g/mol. The molecule has 0 aliphatic heterocycles. The van der Waals surface area contributed by atoms with Gasteiger partial charge in [-0.05, 0) is 22.0 Å². The molecule has 0 saturated heterocycles. The maximum atomic E-state index is 11.8. The number of aromatic hydroxyl groups is 1. The summed E-state index contributed by atoms with van der Waals surface area (Å²) in [6.07, 6.45) is 0.787. The van der Waals surface area contributed by atoms with E-state index in [4.69, 9.17) is 4.74 Å². The molecule has 1 amide bonds. The van der Waals surface area contributed by atoms with Crippen LogP contribution in [0.1, 0.15) is 5.56 Å². The number of nitrogens with one attached hydrogen (secondary N) is 1. The molecule has 0 bridgehead atoms. The second-order valence-corrected chi connectivity index (χ2v) is 6.22. The van der Waals surface area contributed by atoms with Crippen LogP contribution in [0.15, 0.2) is 39.9 Å². The second kappa shape index (κ2) is 9.37. The molecule has 2 rings (SSSR count). The van der Waals surface area contributed by atoms with Crippen molar-refractivity contribution in [1.82, 2.24) is 5.43 Å². The molecule has 30 heavy (non-hydrogen) atoms. The van der Waals surface area contributed by atoms with Crippen LogP contribution in [-0.2, 0) is 4.79 Å². The van der Waals surface area contributed by atoms with Crippen LogP contribution in [-0.4, -0.2) is 38.6 Å². The van der Waals surface area contributed by atoms with E-state index in [9.17, 15) is 40.2 Å². The number of nitro groups is 3. The number of phenols is 1. The van der Waals surface area contributed by atoms with Crippen molar-refractivity contribution in [1.29, 1.82) is 0 Å². The van der Waals surface area contributed by atoms with Gasteiger partial charge in [-0.15, -0.1) is 0 Å². The molecule has 2 aromatic carbocycles. The maximum absolute atomic E-state index is 11.8. The highest BCUT2D eigenvalue weighted by atomic mass is 79.9. The van der Waals surface area contributed by atoms with E-state index in [1.165, 1.54) is 18.2 Å². The first-order valence-electron chi connectivity index (χ1n) is 7.64. The van der Waals surface area contributed by atoms with Gasteiger partial charge in [-0.2, -0.15) is 5.10 Å². The Kier molecular flexibility index (Phi) is 6.92. The summed E-state index contributed by atoms with van der Waals surface area (Å²) in [5.74, 6) is -1.50. The number of hydrazone groups is 1. The number of rotatable bonds is 8.